The highest BCUT2D eigenvalue weighted by molar-refractivity contribution is 5.90. The van der Waals surface area contributed by atoms with Gasteiger partial charge in [-0.1, -0.05) is 36.4 Å². The van der Waals surface area contributed by atoms with E-state index in [1.165, 1.54) is 43.5 Å². The molecule has 13 nitrogen and oxygen atoms in total. The average Bonchev–Trinajstić information content (AvgIpc) is 3.28. The molecule has 0 radical (unpaired) electrons. The number of hydrogen-bond acceptors (Lipinski definition) is 10. The van der Waals surface area contributed by atoms with Gasteiger partial charge in [-0.05, 0) is 37.3 Å². The zero-order valence-corrected chi connectivity index (χ0v) is 22.2. The Labute approximate surface area is 234 Å². The predicted octanol–water partition coefficient (Wildman–Crippen LogP) is 2.30. The normalized spacial score (nSPS) is 19.6. The summed E-state index contributed by atoms with van der Waals surface area (Å²) in [5.41, 5.74) is -0.431. The number of aromatic nitrogens is 2. The number of carbonyl (C=O) groups is 4. The molecule has 1 aromatic heterocycles. The van der Waals surface area contributed by atoms with Crippen LogP contribution in [0.25, 0.3) is 0 Å². The van der Waals surface area contributed by atoms with Gasteiger partial charge in [0.25, 0.3) is 0 Å². The topological polar surface area (TPSA) is 164 Å². The molecule has 2 N–H and O–H groups in total. The van der Waals surface area contributed by atoms with Crippen molar-refractivity contribution in [1.82, 2.24) is 14.9 Å². The van der Waals surface area contributed by atoms with Gasteiger partial charge in [0.05, 0.1) is 11.1 Å². The first kappa shape index (κ1) is 29.0. The fourth-order valence-electron chi connectivity index (χ4n) is 4.08. The summed E-state index contributed by atoms with van der Waals surface area (Å²) in [5.74, 6) is -1.96. The Balaban J connectivity index is 1.71. The maximum Gasteiger partial charge on any atom is 0.407 e. The van der Waals surface area contributed by atoms with Crippen LogP contribution < -0.4 is 16.3 Å². The van der Waals surface area contributed by atoms with Gasteiger partial charge in [0.15, 0.2) is 18.4 Å². The van der Waals surface area contributed by atoms with E-state index in [-0.39, 0.29) is 16.9 Å². The second kappa shape index (κ2) is 13.3. The number of nitrogens with zero attached hydrogens (tertiary/aromatic N) is 2. The minimum Gasteiger partial charge on any atom is -0.452 e. The number of amides is 2. The minimum atomic E-state index is -1.37. The first-order valence-electron chi connectivity index (χ1n) is 12.7. The molecule has 2 aromatic carbocycles. The molecule has 1 fully saturated rings. The molecule has 214 valence electrons. The Kier molecular flexibility index (Phi) is 9.43. The van der Waals surface area contributed by atoms with Gasteiger partial charge < -0.3 is 29.6 Å². The Morgan fingerprint density at radius 2 is 1.49 bits per heavy atom. The Bertz CT molecular complexity index is 1450. The molecule has 2 amide bonds. The molecule has 0 bridgehead atoms. The van der Waals surface area contributed by atoms with Crippen molar-refractivity contribution < 1.29 is 38.1 Å². The summed E-state index contributed by atoms with van der Waals surface area (Å²) in [6, 6.07) is 17.5. The van der Waals surface area contributed by atoms with Crippen LogP contribution in [0, 0.1) is 0 Å². The lowest BCUT2D eigenvalue weighted by molar-refractivity contribution is -0.114. The van der Waals surface area contributed by atoms with E-state index in [2.05, 4.69) is 15.6 Å². The highest BCUT2D eigenvalue weighted by Crippen LogP contribution is 2.34. The number of alkyl carbamates (subject to hydrolysis) is 1. The number of ether oxygens (including phenoxy) is 4. The summed E-state index contributed by atoms with van der Waals surface area (Å²) >= 11 is 0. The van der Waals surface area contributed by atoms with E-state index >= 15 is 0 Å². The third kappa shape index (κ3) is 7.33. The van der Waals surface area contributed by atoms with Gasteiger partial charge in [0.2, 0.25) is 5.91 Å². The van der Waals surface area contributed by atoms with Crippen molar-refractivity contribution in [2.24, 2.45) is 0 Å². The zero-order valence-electron chi connectivity index (χ0n) is 22.2. The van der Waals surface area contributed by atoms with Crippen molar-refractivity contribution in [1.29, 1.82) is 0 Å². The number of hydrogen-bond donors (Lipinski definition) is 2. The van der Waals surface area contributed by atoms with E-state index in [4.69, 9.17) is 18.9 Å². The molecule has 2 heterocycles. The molecule has 4 atom stereocenters. The second-order valence-electron chi connectivity index (χ2n) is 8.85. The van der Waals surface area contributed by atoms with Gasteiger partial charge in [-0.15, -0.1) is 0 Å². The van der Waals surface area contributed by atoms with Crippen molar-refractivity contribution in [2.75, 3.05) is 18.5 Å². The summed E-state index contributed by atoms with van der Waals surface area (Å²) in [6.07, 6.45) is -4.63. The molecule has 41 heavy (non-hydrogen) atoms. The third-order valence-electron chi connectivity index (χ3n) is 5.90. The van der Waals surface area contributed by atoms with E-state index < -0.39 is 60.8 Å². The predicted molar refractivity (Wildman–Crippen MR) is 143 cm³/mol. The highest BCUT2D eigenvalue weighted by atomic mass is 16.7. The third-order valence-corrected chi connectivity index (χ3v) is 5.90. The number of rotatable bonds is 9. The van der Waals surface area contributed by atoms with Gasteiger partial charge in [-0.25, -0.2) is 19.2 Å². The molecule has 1 unspecified atom stereocenters. The summed E-state index contributed by atoms with van der Waals surface area (Å²) in [5, 5.41) is 4.89. The lowest BCUT2D eigenvalue weighted by atomic mass is 10.1. The average molecular weight is 565 g/mol. The maximum atomic E-state index is 13.1. The smallest absolute Gasteiger partial charge is 0.407 e. The summed E-state index contributed by atoms with van der Waals surface area (Å²) < 4.78 is 23.9. The SMILES string of the molecule is CCNC(=O)OC[C@H]1OC(n2ccc(NC(C)=O)nc2=O)[C@H](OC(=O)c2ccccc2)[C@@H]1OC(=O)c1ccccc1. The van der Waals surface area contributed by atoms with Crippen molar-refractivity contribution in [2.45, 2.75) is 38.4 Å². The first-order chi connectivity index (χ1) is 19.8. The van der Waals surface area contributed by atoms with E-state index in [1.54, 1.807) is 43.3 Å². The Morgan fingerprint density at radius 3 is 2.02 bits per heavy atom. The van der Waals surface area contributed by atoms with Crippen LogP contribution >= 0.6 is 0 Å². The fourth-order valence-corrected chi connectivity index (χ4v) is 4.08. The molecule has 3 aromatic rings. The number of nitrogens with one attached hydrogen (secondary N) is 2. The standard InChI is InChI=1S/C28H28N4O9/c1-3-29-28(37)38-16-20-22(40-25(34)18-10-6-4-7-11-18)23(41-26(35)19-12-8-5-9-13-19)24(39-20)32-15-14-21(30-17(2)33)31-27(32)36/h4-15,20,22-24H,3,16H2,1-2H3,(H,29,37)(H,30,31,33,36)/t20-,22-,23-,24?/m1/s1. The van der Waals surface area contributed by atoms with Crippen molar-refractivity contribution in [3.63, 3.8) is 0 Å². The van der Waals surface area contributed by atoms with Gasteiger partial charge in [-0.3, -0.25) is 9.36 Å². The van der Waals surface area contributed by atoms with Crippen LogP contribution in [0.15, 0.2) is 77.7 Å². The summed E-state index contributed by atoms with van der Waals surface area (Å²) in [6.45, 7) is 2.87. The van der Waals surface area contributed by atoms with Crippen LogP contribution in [0.5, 0.6) is 0 Å². The van der Waals surface area contributed by atoms with E-state index in [0.717, 1.165) is 4.57 Å². The number of carbonyl (C=O) groups excluding carboxylic acids is 4. The molecule has 0 aliphatic carbocycles. The van der Waals surface area contributed by atoms with Crippen LogP contribution in [-0.2, 0) is 23.7 Å². The van der Waals surface area contributed by atoms with E-state index in [9.17, 15) is 24.0 Å². The summed E-state index contributed by atoms with van der Waals surface area (Å²) in [4.78, 5) is 66.5. The van der Waals surface area contributed by atoms with E-state index in [0.29, 0.717) is 6.54 Å². The van der Waals surface area contributed by atoms with E-state index in [1.807, 2.05) is 0 Å². The molecular weight excluding hydrogens is 536 g/mol. The zero-order chi connectivity index (χ0) is 29.4. The maximum absolute atomic E-state index is 13.1. The largest absolute Gasteiger partial charge is 0.452 e. The highest BCUT2D eigenvalue weighted by Gasteiger charge is 2.51. The monoisotopic (exact) mass is 564 g/mol. The van der Waals surface area contributed by atoms with Crippen LogP contribution in [0.1, 0.15) is 40.8 Å². The molecule has 0 spiro atoms. The van der Waals surface area contributed by atoms with Crippen LogP contribution in [0.2, 0.25) is 0 Å². The lowest BCUT2D eigenvalue weighted by Crippen LogP contribution is -2.42. The number of anilines is 1. The Hall–Kier alpha value is -5.04. The van der Waals surface area contributed by atoms with Crippen molar-refractivity contribution >= 4 is 29.8 Å². The van der Waals surface area contributed by atoms with Crippen molar-refractivity contribution in [3.05, 3.63) is 94.5 Å². The fraction of sp³-hybridized carbons (Fsp3) is 0.286. The molecule has 13 heteroatoms. The van der Waals surface area contributed by atoms with Crippen molar-refractivity contribution in [3.8, 4) is 0 Å². The number of esters is 2. The Morgan fingerprint density at radius 1 is 0.902 bits per heavy atom. The summed E-state index contributed by atoms with van der Waals surface area (Å²) in [7, 11) is 0. The first-order valence-corrected chi connectivity index (χ1v) is 12.7. The second-order valence-corrected chi connectivity index (χ2v) is 8.85. The van der Waals surface area contributed by atoms with Crippen LogP contribution in [0.4, 0.5) is 10.6 Å². The molecule has 4 rings (SSSR count). The quantitative estimate of drug-likeness (QED) is 0.291. The molecule has 1 aliphatic heterocycles. The molecule has 1 saturated heterocycles. The minimum absolute atomic E-state index is 0.00208. The van der Waals surface area contributed by atoms with Crippen LogP contribution in [-0.4, -0.2) is 65.0 Å². The lowest BCUT2D eigenvalue weighted by Gasteiger charge is -2.25. The van der Waals surface area contributed by atoms with Gasteiger partial charge in [0, 0.05) is 19.7 Å². The van der Waals surface area contributed by atoms with Gasteiger partial charge in [-0.2, -0.15) is 4.98 Å². The molecular formula is C28H28N4O9. The molecule has 1 aliphatic rings. The van der Waals surface area contributed by atoms with Gasteiger partial charge in [0.1, 0.15) is 18.5 Å². The number of benzene rings is 2. The molecule has 0 saturated carbocycles. The van der Waals surface area contributed by atoms with Gasteiger partial charge >= 0.3 is 23.7 Å². The van der Waals surface area contributed by atoms with Crippen LogP contribution in [0.3, 0.4) is 0 Å².